The molecular weight excluding hydrogens is 318 g/mol. The van der Waals surface area contributed by atoms with Crippen LogP contribution in [0.25, 0.3) is 0 Å². The molecule has 0 N–H and O–H groups in total. The SMILES string of the molecule is CCC(=O)N1CCCc2cc(C(=O)C(Br)CC)ccc21. The van der Waals surface area contributed by atoms with Gasteiger partial charge in [-0.25, -0.2) is 0 Å². The van der Waals surface area contributed by atoms with Gasteiger partial charge in [0, 0.05) is 24.2 Å². The minimum Gasteiger partial charge on any atom is -0.312 e. The third kappa shape index (κ3) is 2.95. The number of halogens is 1. The van der Waals surface area contributed by atoms with E-state index >= 15 is 0 Å². The van der Waals surface area contributed by atoms with Crippen LogP contribution in [0, 0.1) is 0 Å². The topological polar surface area (TPSA) is 37.4 Å². The molecule has 3 nitrogen and oxygen atoms in total. The summed E-state index contributed by atoms with van der Waals surface area (Å²) in [6.07, 6.45) is 3.18. The van der Waals surface area contributed by atoms with E-state index in [9.17, 15) is 9.59 Å². The van der Waals surface area contributed by atoms with Crippen molar-refractivity contribution in [1.82, 2.24) is 0 Å². The first-order valence-corrected chi connectivity index (χ1v) is 8.11. The van der Waals surface area contributed by atoms with Crippen molar-refractivity contribution in [2.24, 2.45) is 0 Å². The molecule has 1 aliphatic rings. The molecule has 20 heavy (non-hydrogen) atoms. The summed E-state index contributed by atoms with van der Waals surface area (Å²) in [5, 5.41) is 0. The third-order valence-corrected chi connectivity index (χ3v) is 4.79. The van der Waals surface area contributed by atoms with Crippen LogP contribution in [0.15, 0.2) is 18.2 Å². The van der Waals surface area contributed by atoms with Crippen molar-refractivity contribution in [2.45, 2.75) is 44.4 Å². The van der Waals surface area contributed by atoms with Crippen LogP contribution < -0.4 is 4.90 Å². The van der Waals surface area contributed by atoms with Gasteiger partial charge < -0.3 is 4.90 Å². The molecule has 1 atom stereocenters. The van der Waals surface area contributed by atoms with Crippen molar-refractivity contribution in [3.05, 3.63) is 29.3 Å². The standard InChI is InChI=1S/C16H20BrNO2/c1-3-13(17)16(20)12-7-8-14-11(10-12)6-5-9-18(14)15(19)4-2/h7-8,10,13H,3-6,9H2,1-2H3. The molecule has 0 saturated carbocycles. The van der Waals surface area contributed by atoms with Gasteiger partial charge in [0.2, 0.25) is 5.91 Å². The quantitative estimate of drug-likeness (QED) is 0.620. The fourth-order valence-corrected chi connectivity index (χ4v) is 2.83. The molecule has 4 heteroatoms. The molecule has 0 aliphatic carbocycles. The summed E-state index contributed by atoms with van der Waals surface area (Å²) in [6.45, 7) is 4.64. The lowest BCUT2D eigenvalue weighted by Gasteiger charge is -2.29. The number of nitrogens with zero attached hydrogens (tertiary/aromatic N) is 1. The van der Waals surface area contributed by atoms with Crippen LogP contribution in [-0.2, 0) is 11.2 Å². The number of rotatable bonds is 4. The Kier molecular flexibility index (Phi) is 4.97. The molecule has 1 aliphatic heterocycles. The van der Waals surface area contributed by atoms with Crippen molar-refractivity contribution in [2.75, 3.05) is 11.4 Å². The second kappa shape index (κ2) is 6.53. The number of carbonyl (C=O) groups is 2. The molecule has 0 saturated heterocycles. The van der Waals surface area contributed by atoms with Crippen molar-refractivity contribution >= 4 is 33.3 Å². The molecular formula is C16H20BrNO2. The molecule has 0 fully saturated rings. The highest BCUT2D eigenvalue weighted by atomic mass is 79.9. The molecule has 1 aromatic rings. The van der Waals surface area contributed by atoms with Crippen LogP contribution in [0.1, 0.15) is 49.0 Å². The summed E-state index contributed by atoms with van der Waals surface area (Å²) in [5.74, 6) is 0.270. The second-order valence-corrected chi connectivity index (χ2v) is 6.19. The van der Waals surface area contributed by atoms with E-state index in [1.807, 2.05) is 36.9 Å². The molecule has 1 heterocycles. The lowest BCUT2D eigenvalue weighted by molar-refractivity contribution is -0.118. The van der Waals surface area contributed by atoms with E-state index in [2.05, 4.69) is 15.9 Å². The lowest BCUT2D eigenvalue weighted by Crippen LogP contribution is -2.35. The number of Topliss-reactive ketones (excluding diaryl/α,β-unsaturated/α-hetero) is 1. The number of carbonyl (C=O) groups excluding carboxylic acids is 2. The number of hydrogen-bond acceptors (Lipinski definition) is 2. The molecule has 1 unspecified atom stereocenters. The first-order chi connectivity index (χ1) is 9.58. The predicted molar refractivity (Wildman–Crippen MR) is 84.7 cm³/mol. The normalized spacial score (nSPS) is 15.7. The summed E-state index contributed by atoms with van der Waals surface area (Å²) < 4.78 is 0. The fraction of sp³-hybridized carbons (Fsp3) is 0.500. The average molecular weight is 338 g/mol. The molecule has 0 bridgehead atoms. The molecule has 2 rings (SSSR count). The maximum atomic E-state index is 12.2. The predicted octanol–water partition coefficient (Wildman–Crippen LogP) is 3.73. The maximum Gasteiger partial charge on any atom is 0.226 e. The van der Waals surface area contributed by atoms with Gasteiger partial charge in [-0.3, -0.25) is 9.59 Å². The van der Waals surface area contributed by atoms with Crippen molar-refractivity contribution in [3.8, 4) is 0 Å². The number of anilines is 1. The number of hydrogen-bond donors (Lipinski definition) is 0. The fourth-order valence-electron chi connectivity index (χ4n) is 2.57. The van der Waals surface area contributed by atoms with E-state index in [1.165, 1.54) is 0 Å². The first kappa shape index (κ1) is 15.2. The number of fused-ring (bicyclic) bond motifs is 1. The highest BCUT2D eigenvalue weighted by Gasteiger charge is 2.23. The summed E-state index contributed by atoms with van der Waals surface area (Å²) in [4.78, 5) is 25.9. The highest BCUT2D eigenvalue weighted by Crippen LogP contribution is 2.29. The van der Waals surface area contributed by atoms with Gasteiger partial charge in [-0.1, -0.05) is 29.8 Å². The Morgan fingerprint density at radius 3 is 2.75 bits per heavy atom. The Balaban J connectivity index is 2.32. The van der Waals surface area contributed by atoms with Gasteiger partial charge in [0.15, 0.2) is 5.78 Å². The van der Waals surface area contributed by atoms with Crippen molar-refractivity contribution in [3.63, 3.8) is 0 Å². The summed E-state index contributed by atoms with van der Waals surface area (Å²) in [6, 6.07) is 5.72. The van der Waals surface area contributed by atoms with E-state index in [0.717, 1.165) is 42.6 Å². The number of benzene rings is 1. The number of ketones is 1. The smallest absolute Gasteiger partial charge is 0.226 e. The average Bonchev–Trinajstić information content (AvgIpc) is 2.51. The van der Waals surface area contributed by atoms with E-state index in [4.69, 9.17) is 0 Å². The van der Waals surface area contributed by atoms with E-state index in [0.29, 0.717) is 6.42 Å². The zero-order valence-corrected chi connectivity index (χ0v) is 13.6. The van der Waals surface area contributed by atoms with Crippen LogP contribution >= 0.6 is 15.9 Å². The van der Waals surface area contributed by atoms with E-state index in [-0.39, 0.29) is 16.5 Å². The maximum absolute atomic E-state index is 12.2. The number of alkyl halides is 1. The molecule has 1 aromatic carbocycles. The lowest BCUT2D eigenvalue weighted by atomic mass is 9.96. The highest BCUT2D eigenvalue weighted by molar-refractivity contribution is 9.10. The minimum absolute atomic E-state index is 0.120. The van der Waals surface area contributed by atoms with Gasteiger partial charge in [0.05, 0.1) is 4.83 Å². The molecule has 0 radical (unpaired) electrons. The van der Waals surface area contributed by atoms with Gasteiger partial charge in [-0.2, -0.15) is 0 Å². The van der Waals surface area contributed by atoms with E-state index in [1.54, 1.807) is 0 Å². The number of amides is 1. The largest absolute Gasteiger partial charge is 0.312 e. The monoisotopic (exact) mass is 337 g/mol. The van der Waals surface area contributed by atoms with Gasteiger partial charge in [0.25, 0.3) is 0 Å². The first-order valence-electron chi connectivity index (χ1n) is 7.20. The summed E-state index contributed by atoms with van der Waals surface area (Å²) in [5.41, 5.74) is 2.82. The molecule has 1 amide bonds. The van der Waals surface area contributed by atoms with Gasteiger partial charge in [-0.05, 0) is 43.0 Å². The van der Waals surface area contributed by atoms with Gasteiger partial charge in [-0.15, -0.1) is 0 Å². The zero-order chi connectivity index (χ0) is 14.7. The van der Waals surface area contributed by atoms with Crippen LogP contribution in [-0.4, -0.2) is 23.1 Å². The Morgan fingerprint density at radius 2 is 2.10 bits per heavy atom. The Bertz CT molecular complexity index is 527. The summed E-state index contributed by atoms with van der Waals surface area (Å²) >= 11 is 3.41. The van der Waals surface area contributed by atoms with Crippen molar-refractivity contribution < 1.29 is 9.59 Å². The summed E-state index contributed by atoms with van der Waals surface area (Å²) in [7, 11) is 0. The Morgan fingerprint density at radius 1 is 1.35 bits per heavy atom. The zero-order valence-electron chi connectivity index (χ0n) is 12.0. The molecule has 0 spiro atoms. The molecule has 108 valence electrons. The van der Waals surface area contributed by atoms with Crippen LogP contribution in [0.2, 0.25) is 0 Å². The number of aryl methyl sites for hydroxylation is 1. The molecule has 0 aromatic heterocycles. The van der Waals surface area contributed by atoms with Crippen LogP contribution in [0.3, 0.4) is 0 Å². The van der Waals surface area contributed by atoms with Gasteiger partial charge in [0.1, 0.15) is 0 Å². The van der Waals surface area contributed by atoms with E-state index < -0.39 is 0 Å². The third-order valence-electron chi connectivity index (χ3n) is 3.73. The second-order valence-electron chi connectivity index (χ2n) is 5.09. The van der Waals surface area contributed by atoms with Crippen LogP contribution in [0.5, 0.6) is 0 Å². The Hall–Kier alpha value is -1.16. The van der Waals surface area contributed by atoms with Crippen LogP contribution in [0.4, 0.5) is 5.69 Å². The Labute approximate surface area is 128 Å². The van der Waals surface area contributed by atoms with Gasteiger partial charge >= 0.3 is 0 Å². The minimum atomic E-state index is -0.127. The van der Waals surface area contributed by atoms with Crippen molar-refractivity contribution in [1.29, 1.82) is 0 Å².